The molecule has 96 valence electrons. The van der Waals surface area contributed by atoms with E-state index in [4.69, 9.17) is 4.74 Å². The highest BCUT2D eigenvalue weighted by Gasteiger charge is 2.48. The Bertz CT molecular complexity index is 289. The Morgan fingerprint density at radius 2 is 1.82 bits per heavy atom. The second-order valence-corrected chi connectivity index (χ2v) is 6.20. The topological polar surface area (TPSA) is 29.5 Å². The average Bonchev–Trinajstić information content (AvgIpc) is 2.96. The van der Waals surface area contributed by atoms with E-state index in [0.29, 0.717) is 17.7 Å². The van der Waals surface area contributed by atoms with E-state index >= 15 is 0 Å². The number of hydrogen-bond donors (Lipinski definition) is 0. The standard InChI is InChI=1S/C14H23NO2/c1-15(9-10-2-4-17-5-3-10)14(16)13-7-11-6-12(11)8-13/h10-13H,2-9H2,1H3. The zero-order valence-electron chi connectivity index (χ0n) is 10.7. The van der Waals surface area contributed by atoms with Gasteiger partial charge in [-0.05, 0) is 49.9 Å². The molecule has 1 amide bonds. The van der Waals surface area contributed by atoms with Crippen molar-refractivity contribution in [2.75, 3.05) is 26.8 Å². The van der Waals surface area contributed by atoms with E-state index in [0.717, 1.165) is 44.4 Å². The molecule has 3 heteroatoms. The fourth-order valence-electron chi connectivity index (χ4n) is 3.63. The lowest BCUT2D eigenvalue weighted by atomic mass is 9.97. The molecule has 0 radical (unpaired) electrons. The molecule has 0 aromatic heterocycles. The highest BCUT2D eigenvalue weighted by atomic mass is 16.5. The molecule has 3 aliphatic rings. The third kappa shape index (κ3) is 2.49. The maximum absolute atomic E-state index is 12.3. The number of amides is 1. The van der Waals surface area contributed by atoms with Crippen molar-refractivity contribution < 1.29 is 9.53 Å². The Morgan fingerprint density at radius 1 is 1.18 bits per heavy atom. The van der Waals surface area contributed by atoms with Gasteiger partial charge in [0.25, 0.3) is 0 Å². The van der Waals surface area contributed by atoms with Crippen LogP contribution in [0.15, 0.2) is 0 Å². The summed E-state index contributed by atoms with van der Waals surface area (Å²) in [5.74, 6) is 3.22. The van der Waals surface area contributed by atoms with Crippen molar-refractivity contribution in [3.05, 3.63) is 0 Å². The fourth-order valence-corrected chi connectivity index (χ4v) is 3.63. The molecule has 3 rings (SSSR count). The quantitative estimate of drug-likeness (QED) is 0.750. The van der Waals surface area contributed by atoms with Gasteiger partial charge < -0.3 is 9.64 Å². The van der Waals surface area contributed by atoms with Gasteiger partial charge in [-0.2, -0.15) is 0 Å². The van der Waals surface area contributed by atoms with E-state index in [2.05, 4.69) is 0 Å². The number of carbonyl (C=O) groups excluding carboxylic acids is 1. The van der Waals surface area contributed by atoms with Crippen LogP contribution in [0.2, 0.25) is 0 Å². The second kappa shape index (κ2) is 4.60. The number of ether oxygens (including phenoxy) is 1. The summed E-state index contributed by atoms with van der Waals surface area (Å²) in [6.07, 6.45) is 5.97. The molecule has 1 heterocycles. The smallest absolute Gasteiger partial charge is 0.225 e. The van der Waals surface area contributed by atoms with Gasteiger partial charge in [-0.25, -0.2) is 0 Å². The molecule has 2 atom stereocenters. The molecule has 2 aliphatic carbocycles. The van der Waals surface area contributed by atoms with Gasteiger partial charge in [0.1, 0.15) is 0 Å². The number of carbonyl (C=O) groups is 1. The van der Waals surface area contributed by atoms with Crippen LogP contribution in [0.25, 0.3) is 0 Å². The highest BCUT2D eigenvalue weighted by molar-refractivity contribution is 5.79. The van der Waals surface area contributed by atoms with Gasteiger partial charge in [0.15, 0.2) is 0 Å². The summed E-state index contributed by atoms with van der Waals surface area (Å²) in [5, 5.41) is 0. The lowest BCUT2D eigenvalue weighted by Crippen LogP contribution is -2.37. The zero-order chi connectivity index (χ0) is 11.8. The van der Waals surface area contributed by atoms with Crippen molar-refractivity contribution >= 4 is 5.91 Å². The minimum absolute atomic E-state index is 0.351. The molecule has 0 aromatic rings. The van der Waals surface area contributed by atoms with Crippen LogP contribution in [0.1, 0.15) is 32.1 Å². The molecular weight excluding hydrogens is 214 g/mol. The minimum Gasteiger partial charge on any atom is -0.381 e. The minimum atomic E-state index is 0.351. The van der Waals surface area contributed by atoms with Crippen LogP contribution in [0.3, 0.4) is 0 Å². The molecule has 1 saturated heterocycles. The Labute approximate surface area is 104 Å². The van der Waals surface area contributed by atoms with Gasteiger partial charge in [0, 0.05) is 32.7 Å². The van der Waals surface area contributed by atoms with E-state index in [-0.39, 0.29) is 0 Å². The van der Waals surface area contributed by atoms with E-state index in [1.807, 2.05) is 11.9 Å². The van der Waals surface area contributed by atoms with Gasteiger partial charge in [-0.15, -0.1) is 0 Å². The highest BCUT2D eigenvalue weighted by Crippen LogP contribution is 2.54. The van der Waals surface area contributed by atoms with Crippen molar-refractivity contribution in [3.63, 3.8) is 0 Å². The predicted octanol–water partition coefficient (Wildman–Crippen LogP) is 1.92. The maximum atomic E-state index is 12.3. The van der Waals surface area contributed by atoms with E-state index in [1.165, 1.54) is 19.3 Å². The third-order valence-electron chi connectivity index (χ3n) is 4.84. The van der Waals surface area contributed by atoms with Crippen LogP contribution in [-0.2, 0) is 9.53 Å². The second-order valence-electron chi connectivity index (χ2n) is 6.20. The molecular formula is C14H23NO2. The summed E-state index contributed by atoms with van der Waals surface area (Å²) >= 11 is 0. The van der Waals surface area contributed by atoms with Gasteiger partial charge in [0.2, 0.25) is 5.91 Å². The van der Waals surface area contributed by atoms with Crippen molar-refractivity contribution in [2.24, 2.45) is 23.7 Å². The monoisotopic (exact) mass is 237 g/mol. The number of hydrogen-bond acceptors (Lipinski definition) is 2. The maximum Gasteiger partial charge on any atom is 0.225 e. The Morgan fingerprint density at radius 3 is 2.47 bits per heavy atom. The normalized spacial score (nSPS) is 36.6. The summed E-state index contributed by atoms with van der Waals surface area (Å²) < 4.78 is 5.36. The zero-order valence-corrected chi connectivity index (χ0v) is 10.7. The van der Waals surface area contributed by atoms with Crippen LogP contribution >= 0.6 is 0 Å². The fraction of sp³-hybridized carbons (Fsp3) is 0.929. The lowest BCUT2D eigenvalue weighted by Gasteiger charge is -2.29. The molecule has 17 heavy (non-hydrogen) atoms. The van der Waals surface area contributed by atoms with Gasteiger partial charge in [-0.1, -0.05) is 0 Å². The SMILES string of the molecule is CN(CC1CCOCC1)C(=O)C1CC2CC2C1. The van der Waals surface area contributed by atoms with E-state index in [9.17, 15) is 4.79 Å². The Balaban J connectivity index is 1.47. The molecule has 3 fully saturated rings. The van der Waals surface area contributed by atoms with E-state index in [1.54, 1.807) is 0 Å². The molecule has 0 bridgehead atoms. The first-order chi connectivity index (χ1) is 8.24. The summed E-state index contributed by atoms with van der Waals surface area (Å²) in [6, 6.07) is 0. The summed E-state index contributed by atoms with van der Waals surface area (Å²) in [5.41, 5.74) is 0. The van der Waals surface area contributed by atoms with Crippen molar-refractivity contribution in [1.29, 1.82) is 0 Å². The Kier molecular flexibility index (Phi) is 3.12. The van der Waals surface area contributed by atoms with Crippen LogP contribution in [0.5, 0.6) is 0 Å². The summed E-state index contributed by atoms with van der Waals surface area (Å²) in [6.45, 7) is 2.69. The van der Waals surface area contributed by atoms with Gasteiger partial charge >= 0.3 is 0 Å². The molecule has 0 spiro atoms. The van der Waals surface area contributed by atoms with Gasteiger partial charge in [0.05, 0.1) is 0 Å². The number of rotatable bonds is 3. The first-order valence-electron chi connectivity index (χ1n) is 7.06. The Hall–Kier alpha value is -0.570. The van der Waals surface area contributed by atoms with Crippen LogP contribution in [0, 0.1) is 23.7 Å². The molecule has 3 nitrogen and oxygen atoms in total. The number of nitrogens with zero attached hydrogens (tertiary/aromatic N) is 1. The van der Waals surface area contributed by atoms with Crippen molar-refractivity contribution in [2.45, 2.75) is 32.1 Å². The van der Waals surface area contributed by atoms with Gasteiger partial charge in [-0.3, -0.25) is 4.79 Å². The van der Waals surface area contributed by atoms with Crippen molar-refractivity contribution in [1.82, 2.24) is 4.90 Å². The van der Waals surface area contributed by atoms with Crippen LogP contribution in [-0.4, -0.2) is 37.6 Å². The molecule has 2 unspecified atom stereocenters. The lowest BCUT2D eigenvalue weighted by molar-refractivity contribution is -0.135. The molecule has 0 N–H and O–H groups in total. The first-order valence-corrected chi connectivity index (χ1v) is 7.06. The van der Waals surface area contributed by atoms with Crippen LogP contribution in [0.4, 0.5) is 0 Å². The molecule has 1 aliphatic heterocycles. The summed E-state index contributed by atoms with van der Waals surface area (Å²) in [4.78, 5) is 14.3. The first kappa shape index (κ1) is 11.5. The molecule has 2 saturated carbocycles. The average molecular weight is 237 g/mol. The third-order valence-corrected chi connectivity index (χ3v) is 4.84. The van der Waals surface area contributed by atoms with Crippen LogP contribution < -0.4 is 0 Å². The largest absolute Gasteiger partial charge is 0.381 e. The predicted molar refractivity (Wildman–Crippen MR) is 65.5 cm³/mol. The number of fused-ring (bicyclic) bond motifs is 1. The molecule has 0 aromatic carbocycles. The van der Waals surface area contributed by atoms with E-state index < -0.39 is 0 Å². The summed E-state index contributed by atoms with van der Waals surface area (Å²) in [7, 11) is 1.99. The van der Waals surface area contributed by atoms with Crippen molar-refractivity contribution in [3.8, 4) is 0 Å².